The van der Waals surface area contributed by atoms with E-state index in [9.17, 15) is 5.11 Å². The van der Waals surface area contributed by atoms with Crippen molar-refractivity contribution in [2.45, 2.75) is 64.8 Å². The average molecular weight is 186 g/mol. The van der Waals surface area contributed by atoms with E-state index in [1.165, 1.54) is 0 Å². The fraction of sp³-hybridized carbons (Fsp3) is 1.00. The SMILES string of the molecule is CC[C@]1(C)CC[C@@H]([C@H](O)C(C)C)O1. The van der Waals surface area contributed by atoms with Gasteiger partial charge in [0.2, 0.25) is 0 Å². The van der Waals surface area contributed by atoms with E-state index in [0.29, 0.717) is 5.92 Å². The van der Waals surface area contributed by atoms with E-state index >= 15 is 0 Å². The molecule has 78 valence electrons. The topological polar surface area (TPSA) is 29.5 Å². The zero-order valence-corrected chi connectivity index (χ0v) is 9.21. The Hall–Kier alpha value is -0.0800. The Balaban J connectivity index is 2.49. The average Bonchev–Trinajstić information content (AvgIpc) is 2.47. The summed E-state index contributed by atoms with van der Waals surface area (Å²) in [6, 6.07) is 0. The summed E-state index contributed by atoms with van der Waals surface area (Å²) in [5.74, 6) is 0.296. The molecule has 0 bridgehead atoms. The van der Waals surface area contributed by atoms with Crippen molar-refractivity contribution in [2.24, 2.45) is 5.92 Å². The van der Waals surface area contributed by atoms with Crippen LogP contribution in [0.3, 0.4) is 0 Å². The van der Waals surface area contributed by atoms with Gasteiger partial charge in [-0.15, -0.1) is 0 Å². The van der Waals surface area contributed by atoms with E-state index in [-0.39, 0.29) is 17.8 Å². The Morgan fingerprint density at radius 2 is 2.15 bits per heavy atom. The van der Waals surface area contributed by atoms with Gasteiger partial charge < -0.3 is 9.84 Å². The maximum absolute atomic E-state index is 9.83. The summed E-state index contributed by atoms with van der Waals surface area (Å²) in [7, 11) is 0. The summed E-state index contributed by atoms with van der Waals surface area (Å²) in [5, 5.41) is 9.83. The third kappa shape index (κ3) is 2.44. The first-order chi connectivity index (χ1) is 5.98. The van der Waals surface area contributed by atoms with E-state index in [4.69, 9.17) is 4.74 Å². The maximum Gasteiger partial charge on any atom is 0.0844 e. The quantitative estimate of drug-likeness (QED) is 0.733. The molecule has 1 aliphatic heterocycles. The van der Waals surface area contributed by atoms with E-state index in [2.05, 4.69) is 13.8 Å². The number of rotatable bonds is 3. The van der Waals surface area contributed by atoms with Crippen LogP contribution in [-0.4, -0.2) is 22.9 Å². The van der Waals surface area contributed by atoms with Gasteiger partial charge in [0.05, 0.1) is 17.8 Å². The molecular weight excluding hydrogens is 164 g/mol. The first-order valence-electron chi connectivity index (χ1n) is 5.34. The van der Waals surface area contributed by atoms with Crippen molar-refractivity contribution in [3.8, 4) is 0 Å². The van der Waals surface area contributed by atoms with Crippen LogP contribution in [0.5, 0.6) is 0 Å². The van der Waals surface area contributed by atoms with Crippen molar-refractivity contribution < 1.29 is 9.84 Å². The Labute approximate surface area is 81.3 Å². The lowest BCUT2D eigenvalue weighted by molar-refractivity contribution is -0.0921. The third-order valence-electron chi connectivity index (χ3n) is 3.21. The van der Waals surface area contributed by atoms with Gasteiger partial charge in [0.25, 0.3) is 0 Å². The predicted octanol–water partition coefficient (Wildman–Crippen LogP) is 2.35. The van der Waals surface area contributed by atoms with Crippen molar-refractivity contribution in [1.82, 2.24) is 0 Å². The second-order valence-corrected chi connectivity index (χ2v) is 4.73. The summed E-state index contributed by atoms with van der Waals surface area (Å²) in [6.07, 6.45) is 2.88. The Morgan fingerprint density at radius 3 is 2.54 bits per heavy atom. The lowest BCUT2D eigenvalue weighted by Crippen LogP contribution is -2.33. The molecule has 13 heavy (non-hydrogen) atoms. The Morgan fingerprint density at radius 1 is 1.54 bits per heavy atom. The fourth-order valence-corrected chi connectivity index (χ4v) is 1.86. The highest BCUT2D eigenvalue weighted by atomic mass is 16.5. The molecule has 1 N–H and O–H groups in total. The first-order valence-corrected chi connectivity index (χ1v) is 5.34. The molecule has 0 aromatic heterocycles. The van der Waals surface area contributed by atoms with Gasteiger partial charge in [-0.3, -0.25) is 0 Å². The smallest absolute Gasteiger partial charge is 0.0844 e. The molecule has 2 heteroatoms. The normalized spacial score (nSPS) is 36.9. The number of aliphatic hydroxyl groups is 1. The van der Waals surface area contributed by atoms with Crippen LogP contribution in [0, 0.1) is 5.92 Å². The highest BCUT2D eigenvalue weighted by molar-refractivity contribution is 4.87. The van der Waals surface area contributed by atoms with Crippen LogP contribution in [0.15, 0.2) is 0 Å². The molecule has 1 saturated heterocycles. The van der Waals surface area contributed by atoms with Crippen molar-refractivity contribution in [1.29, 1.82) is 0 Å². The fourth-order valence-electron chi connectivity index (χ4n) is 1.86. The van der Waals surface area contributed by atoms with E-state index in [1.54, 1.807) is 0 Å². The van der Waals surface area contributed by atoms with Gasteiger partial charge in [-0.05, 0) is 32.1 Å². The molecule has 0 aromatic rings. The van der Waals surface area contributed by atoms with Gasteiger partial charge in [-0.2, -0.15) is 0 Å². The minimum Gasteiger partial charge on any atom is -0.390 e. The van der Waals surface area contributed by atoms with Gasteiger partial charge in [-0.1, -0.05) is 20.8 Å². The van der Waals surface area contributed by atoms with Crippen LogP contribution in [0.25, 0.3) is 0 Å². The van der Waals surface area contributed by atoms with Gasteiger partial charge >= 0.3 is 0 Å². The minimum absolute atomic E-state index is 0.0144. The van der Waals surface area contributed by atoms with Crippen LogP contribution in [0.4, 0.5) is 0 Å². The second-order valence-electron chi connectivity index (χ2n) is 4.73. The van der Waals surface area contributed by atoms with Crippen molar-refractivity contribution in [3.63, 3.8) is 0 Å². The van der Waals surface area contributed by atoms with Crippen LogP contribution >= 0.6 is 0 Å². The standard InChI is InChI=1S/C11H22O2/c1-5-11(4)7-6-9(13-11)10(12)8(2)3/h8-10,12H,5-7H2,1-4H3/t9-,10+,11+/m0/s1. The molecule has 0 unspecified atom stereocenters. The zero-order chi connectivity index (χ0) is 10.1. The molecule has 3 atom stereocenters. The van der Waals surface area contributed by atoms with E-state index < -0.39 is 0 Å². The summed E-state index contributed by atoms with van der Waals surface area (Å²) >= 11 is 0. The number of aliphatic hydroxyl groups excluding tert-OH is 1. The van der Waals surface area contributed by atoms with Crippen LogP contribution in [0.1, 0.15) is 47.0 Å². The first kappa shape index (κ1) is 11.0. The largest absolute Gasteiger partial charge is 0.390 e. The highest BCUT2D eigenvalue weighted by Gasteiger charge is 2.38. The molecule has 2 nitrogen and oxygen atoms in total. The van der Waals surface area contributed by atoms with Crippen molar-refractivity contribution in [2.75, 3.05) is 0 Å². The van der Waals surface area contributed by atoms with Crippen molar-refractivity contribution >= 4 is 0 Å². The van der Waals surface area contributed by atoms with Crippen LogP contribution < -0.4 is 0 Å². The van der Waals surface area contributed by atoms with Gasteiger partial charge in [0.15, 0.2) is 0 Å². The summed E-state index contributed by atoms with van der Waals surface area (Å²) in [6.45, 7) is 8.36. The number of ether oxygens (including phenoxy) is 1. The maximum atomic E-state index is 9.83. The molecule has 0 saturated carbocycles. The summed E-state index contributed by atoms with van der Waals surface area (Å²) < 4.78 is 5.87. The molecule has 1 fully saturated rings. The molecule has 0 aliphatic carbocycles. The number of hydrogen-bond donors (Lipinski definition) is 1. The molecular formula is C11H22O2. The van der Waals surface area contributed by atoms with Gasteiger partial charge in [-0.25, -0.2) is 0 Å². The molecule has 0 aromatic carbocycles. The van der Waals surface area contributed by atoms with Crippen LogP contribution in [0.2, 0.25) is 0 Å². The molecule has 0 radical (unpaired) electrons. The van der Waals surface area contributed by atoms with E-state index in [1.807, 2.05) is 13.8 Å². The minimum atomic E-state index is -0.298. The highest BCUT2D eigenvalue weighted by Crippen LogP contribution is 2.35. The summed E-state index contributed by atoms with van der Waals surface area (Å²) in [4.78, 5) is 0. The molecule has 1 heterocycles. The zero-order valence-electron chi connectivity index (χ0n) is 9.21. The van der Waals surface area contributed by atoms with E-state index in [0.717, 1.165) is 19.3 Å². The second kappa shape index (κ2) is 3.97. The summed E-state index contributed by atoms with van der Waals surface area (Å²) in [5.41, 5.74) is 0.0144. The third-order valence-corrected chi connectivity index (χ3v) is 3.21. The van der Waals surface area contributed by atoms with Gasteiger partial charge in [0.1, 0.15) is 0 Å². The lowest BCUT2D eigenvalue weighted by Gasteiger charge is -2.26. The van der Waals surface area contributed by atoms with Crippen molar-refractivity contribution in [3.05, 3.63) is 0 Å². The number of hydrogen-bond acceptors (Lipinski definition) is 2. The lowest BCUT2D eigenvalue weighted by atomic mass is 9.96. The Bertz CT molecular complexity index is 167. The monoisotopic (exact) mass is 186 g/mol. The van der Waals surface area contributed by atoms with Gasteiger partial charge in [0, 0.05) is 0 Å². The molecule has 0 amide bonds. The van der Waals surface area contributed by atoms with Crippen LogP contribution in [-0.2, 0) is 4.74 Å². The predicted molar refractivity (Wildman–Crippen MR) is 53.6 cm³/mol. The Kier molecular flexibility index (Phi) is 3.36. The molecule has 1 rings (SSSR count). The molecule has 1 aliphatic rings. The molecule has 0 spiro atoms.